The summed E-state index contributed by atoms with van der Waals surface area (Å²) in [5, 5.41) is 25.2. The van der Waals surface area contributed by atoms with E-state index in [4.69, 9.17) is 21.8 Å². The number of hydrogen-bond acceptors (Lipinski definition) is 3. The van der Waals surface area contributed by atoms with Gasteiger partial charge in [0.15, 0.2) is 12.2 Å². The molecule has 0 aliphatic rings. The van der Waals surface area contributed by atoms with Crippen LogP contribution in [0.15, 0.2) is 0 Å². The predicted molar refractivity (Wildman–Crippen MR) is 31.5 cm³/mol. The maximum absolute atomic E-state index is 7.90. The summed E-state index contributed by atoms with van der Waals surface area (Å²) in [4.78, 5) is 0. The van der Waals surface area contributed by atoms with Crippen molar-refractivity contribution in [3.8, 4) is 6.19 Å². The van der Waals surface area contributed by atoms with E-state index in [-0.39, 0.29) is 11.9 Å². The molecule has 0 fully saturated rings. The molecule has 6 heteroatoms. The summed E-state index contributed by atoms with van der Waals surface area (Å²) in [6.45, 7) is 0. The molecular weight excluding hydrogens is 120 g/mol. The highest BCUT2D eigenvalue weighted by Gasteiger charge is 1.91. The molecule has 0 rings (SSSR count). The molecule has 6 N–H and O–H groups in total. The Labute approximate surface area is 51.7 Å². The molecule has 0 radical (unpaired) electrons. The quantitative estimate of drug-likeness (QED) is 0.117. The minimum absolute atomic E-state index is 0.301. The van der Waals surface area contributed by atoms with Gasteiger partial charge in [-0.2, -0.15) is 5.26 Å². The third-order valence-electron chi connectivity index (χ3n) is 0.441. The number of rotatable bonds is 0. The molecule has 0 amide bonds. The zero-order valence-corrected chi connectivity index (χ0v) is 4.52. The monoisotopic (exact) mass is 126 g/mol. The standard InChI is InChI=1S/C3H6N6/c4-1-8-3(7)9-2(5)6/h(H6,5,6,7,8,9). The summed E-state index contributed by atoms with van der Waals surface area (Å²) in [6, 6.07) is 0. The van der Waals surface area contributed by atoms with Crippen LogP contribution in [0.5, 0.6) is 0 Å². The number of nitrogens with two attached hydrogens (primary N) is 1. The van der Waals surface area contributed by atoms with Crippen LogP contribution in [0, 0.1) is 22.3 Å². The molecule has 6 nitrogen and oxygen atoms in total. The predicted octanol–water partition coefficient (Wildman–Crippen LogP) is -1.53. The number of nitrogens with one attached hydrogen (secondary N) is 4. The molecule has 0 aromatic heterocycles. The lowest BCUT2D eigenvalue weighted by Crippen LogP contribution is -2.41. The molecule has 0 bridgehead atoms. The molecule has 0 heterocycles. The molecule has 0 atom stereocenters. The summed E-state index contributed by atoms with van der Waals surface area (Å²) in [5.74, 6) is -0.673. The number of nitriles is 1. The molecule has 9 heavy (non-hydrogen) atoms. The number of nitrogens with zero attached hydrogens (tertiary/aromatic N) is 1. The van der Waals surface area contributed by atoms with Crippen molar-refractivity contribution in [3.05, 3.63) is 0 Å². The van der Waals surface area contributed by atoms with Gasteiger partial charge in [-0.05, 0) is 0 Å². The largest absolute Gasteiger partial charge is 0.370 e. The van der Waals surface area contributed by atoms with Crippen LogP contribution in [-0.4, -0.2) is 11.9 Å². The summed E-state index contributed by atoms with van der Waals surface area (Å²) in [6.07, 6.45) is 1.48. The van der Waals surface area contributed by atoms with Gasteiger partial charge in [-0.1, -0.05) is 0 Å². The van der Waals surface area contributed by atoms with Crippen LogP contribution in [0.3, 0.4) is 0 Å². The molecular formula is C3H6N6. The average molecular weight is 126 g/mol. The van der Waals surface area contributed by atoms with E-state index in [0.29, 0.717) is 0 Å². The second kappa shape index (κ2) is 3.26. The van der Waals surface area contributed by atoms with Gasteiger partial charge in [0.2, 0.25) is 5.96 Å². The highest BCUT2D eigenvalue weighted by atomic mass is 15.2. The average Bonchev–Trinajstić information content (AvgIpc) is 1.63. The second-order valence-electron chi connectivity index (χ2n) is 1.15. The van der Waals surface area contributed by atoms with Gasteiger partial charge in [0.05, 0.1) is 0 Å². The zero-order valence-electron chi connectivity index (χ0n) is 4.52. The Morgan fingerprint density at radius 3 is 2.44 bits per heavy atom. The lowest BCUT2D eigenvalue weighted by atomic mass is 10.8. The summed E-state index contributed by atoms with van der Waals surface area (Å²) >= 11 is 0. The van der Waals surface area contributed by atoms with Crippen molar-refractivity contribution < 1.29 is 0 Å². The van der Waals surface area contributed by atoms with E-state index in [0.717, 1.165) is 0 Å². The Morgan fingerprint density at radius 1 is 1.56 bits per heavy atom. The third kappa shape index (κ3) is 4.08. The first-order valence-corrected chi connectivity index (χ1v) is 2.01. The Kier molecular flexibility index (Phi) is 2.62. The second-order valence-corrected chi connectivity index (χ2v) is 1.15. The maximum atomic E-state index is 7.90. The molecule has 0 unspecified atom stereocenters. The summed E-state index contributed by atoms with van der Waals surface area (Å²) in [5.41, 5.74) is 4.81. The first-order chi connectivity index (χ1) is 4.16. The van der Waals surface area contributed by atoms with E-state index < -0.39 is 0 Å². The Balaban J connectivity index is 3.54. The maximum Gasteiger partial charge on any atom is 0.208 e. The molecule has 0 saturated heterocycles. The smallest absolute Gasteiger partial charge is 0.208 e. The SMILES string of the molecule is N#CNC(=N)NC(=N)N. The van der Waals surface area contributed by atoms with Gasteiger partial charge < -0.3 is 5.73 Å². The summed E-state index contributed by atoms with van der Waals surface area (Å²) in [7, 11) is 0. The Bertz CT molecular complexity index is 164. The van der Waals surface area contributed by atoms with Gasteiger partial charge in [0, 0.05) is 0 Å². The van der Waals surface area contributed by atoms with E-state index in [1.165, 1.54) is 6.19 Å². The van der Waals surface area contributed by atoms with Crippen LogP contribution in [0.4, 0.5) is 0 Å². The van der Waals surface area contributed by atoms with Crippen LogP contribution < -0.4 is 16.4 Å². The molecule has 0 aromatic carbocycles. The molecule has 0 aliphatic carbocycles. The van der Waals surface area contributed by atoms with Gasteiger partial charge in [-0.15, -0.1) is 0 Å². The van der Waals surface area contributed by atoms with Gasteiger partial charge in [-0.3, -0.25) is 21.5 Å². The fraction of sp³-hybridized carbons (Fsp3) is 0. The van der Waals surface area contributed by atoms with Crippen molar-refractivity contribution in [2.75, 3.05) is 0 Å². The van der Waals surface area contributed by atoms with Crippen molar-refractivity contribution in [2.24, 2.45) is 5.73 Å². The van der Waals surface area contributed by atoms with Crippen LogP contribution in [0.25, 0.3) is 0 Å². The Morgan fingerprint density at radius 2 is 2.11 bits per heavy atom. The van der Waals surface area contributed by atoms with Gasteiger partial charge >= 0.3 is 0 Å². The zero-order chi connectivity index (χ0) is 7.28. The van der Waals surface area contributed by atoms with Crippen LogP contribution >= 0.6 is 0 Å². The molecule has 0 aromatic rings. The number of hydrogen-bond donors (Lipinski definition) is 5. The van der Waals surface area contributed by atoms with Crippen LogP contribution in [-0.2, 0) is 0 Å². The first-order valence-electron chi connectivity index (χ1n) is 2.01. The number of guanidine groups is 2. The fourth-order valence-electron chi connectivity index (χ4n) is 0.222. The van der Waals surface area contributed by atoms with E-state index >= 15 is 0 Å². The van der Waals surface area contributed by atoms with Crippen LogP contribution in [0.1, 0.15) is 0 Å². The van der Waals surface area contributed by atoms with E-state index in [1.807, 2.05) is 5.32 Å². The van der Waals surface area contributed by atoms with Crippen LogP contribution in [0.2, 0.25) is 0 Å². The molecule has 0 aliphatic heterocycles. The molecule has 48 valence electrons. The third-order valence-corrected chi connectivity index (χ3v) is 0.441. The van der Waals surface area contributed by atoms with Crippen molar-refractivity contribution in [3.63, 3.8) is 0 Å². The minimum atomic E-state index is -0.372. The van der Waals surface area contributed by atoms with E-state index in [9.17, 15) is 0 Å². The van der Waals surface area contributed by atoms with Crippen molar-refractivity contribution in [1.82, 2.24) is 10.6 Å². The van der Waals surface area contributed by atoms with E-state index in [1.54, 1.807) is 0 Å². The van der Waals surface area contributed by atoms with E-state index in [2.05, 4.69) is 5.32 Å². The van der Waals surface area contributed by atoms with Crippen molar-refractivity contribution >= 4 is 11.9 Å². The van der Waals surface area contributed by atoms with Crippen molar-refractivity contribution in [2.45, 2.75) is 0 Å². The first kappa shape index (κ1) is 7.23. The van der Waals surface area contributed by atoms with Gasteiger partial charge in [0.25, 0.3) is 0 Å². The van der Waals surface area contributed by atoms with Gasteiger partial charge in [0.1, 0.15) is 0 Å². The van der Waals surface area contributed by atoms with Gasteiger partial charge in [-0.25, -0.2) is 0 Å². The highest BCUT2D eigenvalue weighted by molar-refractivity contribution is 5.95. The minimum Gasteiger partial charge on any atom is -0.370 e. The lowest BCUT2D eigenvalue weighted by molar-refractivity contribution is 1.10. The fourth-order valence-corrected chi connectivity index (χ4v) is 0.222. The normalized spacial score (nSPS) is 7.00. The summed E-state index contributed by atoms with van der Waals surface area (Å²) < 4.78 is 0. The molecule has 0 spiro atoms. The molecule has 0 saturated carbocycles. The Hall–Kier alpha value is -1.77. The highest BCUT2D eigenvalue weighted by Crippen LogP contribution is 1.53. The topological polar surface area (TPSA) is 122 Å². The van der Waals surface area contributed by atoms with Crippen molar-refractivity contribution in [1.29, 1.82) is 16.1 Å². The lowest BCUT2D eigenvalue weighted by Gasteiger charge is -1.99.